The first-order valence-corrected chi connectivity index (χ1v) is 8.02. The molecule has 2 N–H and O–H groups in total. The minimum absolute atomic E-state index is 0.00987. The van der Waals surface area contributed by atoms with Crippen LogP contribution in [-0.4, -0.2) is 25.1 Å². The van der Waals surface area contributed by atoms with Gasteiger partial charge in [-0.1, -0.05) is 26.0 Å². The molecular weight excluding hydrogens is 264 g/mol. The summed E-state index contributed by atoms with van der Waals surface area (Å²) in [6, 6.07) is 8.48. The Hall–Kier alpha value is -1.55. The van der Waals surface area contributed by atoms with Crippen LogP contribution in [0.4, 0.5) is 0 Å². The monoisotopic (exact) mass is 290 g/mol. The summed E-state index contributed by atoms with van der Waals surface area (Å²) in [7, 11) is 0. The fourth-order valence-corrected chi connectivity index (χ4v) is 2.71. The van der Waals surface area contributed by atoms with Gasteiger partial charge in [-0.2, -0.15) is 0 Å². The Labute approximate surface area is 127 Å². The largest absolute Gasteiger partial charge is 0.481 e. The molecule has 4 nitrogen and oxygen atoms in total. The van der Waals surface area contributed by atoms with Crippen LogP contribution in [0, 0.1) is 0 Å². The van der Waals surface area contributed by atoms with Crippen molar-refractivity contribution < 1.29 is 9.53 Å². The van der Waals surface area contributed by atoms with Crippen molar-refractivity contribution in [2.24, 2.45) is 0 Å². The molecule has 1 aliphatic heterocycles. The molecule has 1 amide bonds. The van der Waals surface area contributed by atoms with Crippen molar-refractivity contribution >= 4 is 5.91 Å². The number of hydrogen-bond acceptors (Lipinski definition) is 3. The number of ether oxygens (including phenoxy) is 1. The van der Waals surface area contributed by atoms with Gasteiger partial charge in [-0.25, -0.2) is 0 Å². The Morgan fingerprint density at radius 3 is 2.71 bits per heavy atom. The highest BCUT2D eigenvalue weighted by molar-refractivity contribution is 5.81. The van der Waals surface area contributed by atoms with Crippen LogP contribution in [-0.2, 0) is 4.79 Å². The Morgan fingerprint density at radius 2 is 2.05 bits per heavy atom. The maximum atomic E-state index is 11.9. The molecular formula is C17H26N2O2. The molecule has 2 atom stereocenters. The van der Waals surface area contributed by atoms with Crippen LogP contribution in [0.5, 0.6) is 5.75 Å². The Morgan fingerprint density at radius 1 is 1.29 bits per heavy atom. The van der Waals surface area contributed by atoms with E-state index >= 15 is 0 Å². The fraction of sp³-hybridized carbons (Fsp3) is 0.588. The molecule has 2 unspecified atom stereocenters. The Kier molecular flexibility index (Phi) is 6.05. The van der Waals surface area contributed by atoms with E-state index in [-0.39, 0.29) is 12.0 Å². The lowest BCUT2D eigenvalue weighted by Crippen LogP contribution is -2.36. The van der Waals surface area contributed by atoms with Crippen molar-refractivity contribution in [3.8, 4) is 5.75 Å². The smallest absolute Gasteiger partial charge is 0.261 e. The molecule has 0 saturated carbocycles. The van der Waals surface area contributed by atoms with Crippen molar-refractivity contribution in [3.63, 3.8) is 0 Å². The van der Waals surface area contributed by atoms with E-state index in [0.29, 0.717) is 6.04 Å². The number of amides is 1. The first-order chi connectivity index (χ1) is 10.2. The third-order valence-corrected chi connectivity index (χ3v) is 3.90. The first kappa shape index (κ1) is 15.8. The normalized spacial score (nSPS) is 20.5. The molecule has 0 bridgehead atoms. The zero-order valence-corrected chi connectivity index (χ0v) is 13.0. The van der Waals surface area contributed by atoms with E-state index in [0.717, 1.165) is 44.5 Å². The fourth-order valence-electron chi connectivity index (χ4n) is 2.71. The van der Waals surface area contributed by atoms with Gasteiger partial charge in [0.15, 0.2) is 6.10 Å². The highest BCUT2D eigenvalue weighted by Gasteiger charge is 2.22. The summed E-state index contributed by atoms with van der Waals surface area (Å²) in [4.78, 5) is 11.9. The van der Waals surface area contributed by atoms with Crippen LogP contribution >= 0.6 is 0 Å². The Balaban J connectivity index is 1.99. The molecule has 1 heterocycles. The summed E-state index contributed by atoms with van der Waals surface area (Å²) < 4.78 is 5.84. The number of nitrogens with one attached hydrogen (secondary N) is 2. The van der Waals surface area contributed by atoms with E-state index in [2.05, 4.69) is 36.6 Å². The molecule has 21 heavy (non-hydrogen) atoms. The first-order valence-electron chi connectivity index (χ1n) is 8.02. The van der Waals surface area contributed by atoms with Gasteiger partial charge in [-0.05, 0) is 49.9 Å². The van der Waals surface area contributed by atoms with Gasteiger partial charge in [0.25, 0.3) is 5.91 Å². The predicted molar refractivity (Wildman–Crippen MR) is 84.4 cm³/mol. The zero-order chi connectivity index (χ0) is 15.1. The van der Waals surface area contributed by atoms with E-state index in [4.69, 9.17) is 4.74 Å². The van der Waals surface area contributed by atoms with Crippen LogP contribution in [0.3, 0.4) is 0 Å². The highest BCUT2D eigenvalue weighted by Crippen LogP contribution is 2.22. The van der Waals surface area contributed by atoms with Crippen molar-refractivity contribution in [2.75, 3.05) is 13.1 Å². The molecule has 0 spiro atoms. The van der Waals surface area contributed by atoms with E-state index in [1.54, 1.807) is 0 Å². The average molecular weight is 290 g/mol. The van der Waals surface area contributed by atoms with Gasteiger partial charge in [0.1, 0.15) is 5.75 Å². The topological polar surface area (TPSA) is 50.4 Å². The third-order valence-electron chi connectivity index (χ3n) is 3.90. The van der Waals surface area contributed by atoms with Crippen LogP contribution in [0.1, 0.15) is 51.1 Å². The second kappa shape index (κ2) is 8.03. The molecule has 1 aromatic carbocycles. The number of carbonyl (C=O) groups excluding carboxylic acids is 1. The van der Waals surface area contributed by atoms with Gasteiger partial charge in [0, 0.05) is 12.6 Å². The van der Waals surface area contributed by atoms with Gasteiger partial charge in [-0.15, -0.1) is 0 Å². The number of rotatable bonds is 6. The van der Waals surface area contributed by atoms with Crippen molar-refractivity contribution in [3.05, 3.63) is 29.8 Å². The van der Waals surface area contributed by atoms with Crippen LogP contribution in [0.2, 0.25) is 0 Å². The molecule has 1 saturated heterocycles. The minimum atomic E-state index is -0.353. The van der Waals surface area contributed by atoms with Crippen LogP contribution in [0.25, 0.3) is 0 Å². The molecule has 2 rings (SSSR count). The Bertz CT molecular complexity index is 445. The van der Waals surface area contributed by atoms with E-state index < -0.39 is 0 Å². The molecule has 0 aliphatic carbocycles. The standard InChI is InChI=1S/C17H26N2O2/c1-3-15(18-4-2)13-8-10-14(11-9-13)21-16-7-5-6-12-19-17(16)20/h8-11,15-16,18H,3-7,12H2,1-2H3,(H,19,20). The van der Waals surface area contributed by atoms with Crippen molar-refractivity contribution in [1.82, 2.24) is 10.6 Å². The molecule has 1 aliphatic rings. The maximum absolute atomic E-state index is 11.9. The van der Waals surface area contributed by atoms with Gasteiger partial charge < -0.3 is 15.4 Å². The summed E-state index contributed by atoms with van der Waals surface area (Å²) >= 11 is 0. The highest BCUT2D eigenvalue weighted by atomic mass is 16.5. The second-order valence-electron chi connectivity index (χ2n) is 5.48. The second-order valence-corrected chi connectivity index (χ2v) is 5.48. The van der Waals surface area contributed by atoms with E-state index in [9.17, 15) is 4.79 Å². The molecule has 4 heteroatoms. The van der Waals surface area contributed by atoms with Gasteiger partial charge in [0.05, 0.1) is 0 Å². The molecule has 0 aromatic heterocycles. The summed E-state index contributed by atoms with van der Waals surface area (Å²) in [5.41, 5.74) is 1.26. The quantitative estimate of drug-likeness (QED) is 0.847. The minimum Gasteiger partial charge on any atom is -0.481 e. The van der Waals surface area contributed by atoms with Gasteiger partial charge >= 0.3 is 0 Å². The van der Waals surface area contributed by atoms with Gasteiger partial charge in [0.2, 0.25) is 0 Å². The summed E-state index contributed by atoms with van der Waals surface area (Å²) in [6.07, 6.45) is 3.56. The van der Waals surface area contributed by atoms with Crippen molar-refractivity contribution in [1.29, 1.82) is 0 Å². The number of benzene rings is 1. The number of hydrogen-bond donors (Lipinski definition) is 2. The lowest BCUT2D eigenvalue weighted by molar-refractivity contribution is -0.127. The zero-order valence-electron chi connectivity index (χ0n) is 13.0. The van der Waals surface area contributed by atoms with Crippen LogP contribution < -0.4 is 15.4 Å². The molecule has 116 valence electrons. The van der Waals surface area contributed by atoms with Gasteiger partial charge in [-0.3, -0.25) is 4.79 Å². The predicted octanol–water partition coefficient (Wildman–Crippen LogP) is 2.79. The lowest BCUT2D eigenvalue weighted by Gasteiger charge is -2.18. The third kappa shape index (κ3) is 4.46. The van der Waals surface area contributed by atoms with Crippen LogP contribution in [0.15, 0.2) is 24.3 Å². The number of carbonyl (C=O) groups is 1. The summed E-state index contributed by atoms with van der Waals surface area (Å²) in [6.45, 7) is 6.01. The van der Waals surface area contributed by atoms with E-state index in [1.807, 2.05) is 12.1 Å². The summed E-state index contributed by atoms with van der Waals surface area (Å²) in [5.74, 6) is 0.780. The molecule has 1 aromatic rings. The lowest BCUT2D eigenvalue weighted by atomic mass is 10.0. The average Bonchev–Trinajstić information content (AvgIpc) is 2.71. The molecule has 0 radical (unpaired) electrons. The maximum Gasteiger partial charge on any atom is 0.261 e. The SMILES string of the molecule is CCNC(CC)c1ccc(OC2CCCCNC2=O)cc1. The molecule has 1 fully saturated rings. The van der Waals surface area contributed by atoms with Crippen molar-refractivity contribution in [2.45, 2.75) is 51.7 Å². The van der Waals surface area contributed by atoms with E-state index in [1.165, 1.54) is 5.56 Å². The summed E-state index contributed by atoms with van der Waals surface area (Å²) in [5, 5.41) is 6.36.